The van der Waals surface area contributed by atoms with Crippen molar-refractivity contribution in [2.45, 2.75) is 37.6 Å². The average Bonchev–Trinajstić information content (AvgIpc) is 3.41. The van der Waals surface area contributed by atoms with Crippen LogP contribution in [0, 0.1) is 17.8 Å². The molecular weight excluding hydrogens is 521 g/mol. The molecule has 204 valence electrons. The maximum atomic E-state index is 13.2. The van der Waals surface area contributed by atoms with Crippen molar-refractivity contribution in [2.75, 3.05) is 37.4 Å². The minimum atomic E-state index is -4.40. The Hall–Kier alpha value is -2.89. The van der Waals surface area contributed by atoms with Gasteiger partial charge in [0.15, 0.2) is 11.9 Å². The molecule has 5 atom stereocenters. The average molecular weight is 551 g/mol. The maximum absolute atomic E-state index is 13.2. The number of carbonyl (C=O) groups excluding carboxylic acids is 1. The molecule has 4 unspecified atom stereocenters. The predicted molar refractivity (Wildman–Crippen MR) is 138 cm³/mol. The number of hydrogen-bond acceptors (Lipinski definition) is 7. The second kappa shape index (κ2) is 10.7. The number of nitrogens with one attached hydrogen (secondary N) is 2. The number of allylic oxidation sites excluding steroid dienone is 1. The summed E-state index contributed by atoms with van der Waals surface area (Å²) in [6.07, 6.45) is 1.57. The summed E-state index contributed by atoms with van der Waals surface area (Å²) in [5.74, 6) is 0.380. The molecule has 0 radical (unpaired) electrons. The van der Waals surface area contributed by atoms with Gasteiger partial charge in [-0.05, 0) is 54.4 Å². The van der Waals surface area contributed by atoms with Crippen molar-refractivity contribution in [1.82, 2.24) is 14.9 Å². The van der Waals surface area contributed by atoms with Crippen LogP contribution in [0.5, 0.6) is 0 Å². The molecule has 1 aromatic carbocycles. The number of primary amides is 1. The van der Waals surface area contributed by atoms with Crippen molar-refractivity contribution in [1.29, 1.82) is 0 Å². The fourth-order valence-electron chi connectivity index (χ4n) is 5.80. The molecular formula is C26H30ClF3N6O2. The van der Waals surface area contributed by atoms with Crippen LogP contribution in [0.2, 0.25) is 5.02 Å². The number of anilines is 3. The van der Waals surface area contributed by atoms with Gasteiger partial charge in [0.1, 0.15) is 5.02 Å². The summed E-state index contributed by atoms with van der Waals surface area (Å²) in [5, 5.41) is 6.85. The first-order chi connectivity index (χ1) is 18.1. The molecule has 38 heavy (non-hydrogen) atoms. The molecule has 2 aliphatic carbocycles. The second-order valence-corrected chi connectivity index (χ2v) is 10.5. The topological polar surface area (TPSA) is 105 Å². The zero-order valence-electron chi connectivity index (χ0n) is 20.8. The van der Waals surface area contributed by atoms with Gasteiger partial charge in [0, 0.05) is 38.5 Å². The number of fused-ring (bicyclic) bond motifs is 3. The van der Waals surface area contributed by atoms with Crippen molar-refractivity contribution < 1.29 is 22.7 Å². The number of hydrogen-bond donors (Lipinski definition) is 3. The Bertz CT molecular complexity index is 1230. The minimum Gasteiger partial charge on any atom is -0.371 e. The van der Waals surface area contributed by atoms with E-state index >= 15 is 0 Å². The Morgan fingerprint density at radius 3 is 2.68 bits per heavy atom. The van der Waals surface area contributed by atoms with Crippen LogP contribution < -0.4 is 16.4 Å². The van der Waals surface area contributed by atoms with E-state index in [0.29, 0.717) is 42.7 Å². The van der Waals surface area contributed by atoms with Crippen LogP contribution in [0.3, 0.4) is 0 Å². The number of alkyl halides is 3. The molecule has 8 nitrogen and oxygen atoms in total. The number of amides is 1. The third kappa shape index (κ3) is 5.60. The molecule has 0 spiro atoms. The Labute approximate surface area is 223 Å². The third-order valence-electron chi connectivity index (χ3n) is 7.77. The highest BCUT2D eigenvalue weighted by Gasteiger charge is 2.47. The highest BCUT2D eigenvalue weighted by molar-refractivity contribution is 6.32. The summed E-state index contributed by atoms with van der Waals surface area (Å²) in [7, 11) is 1.09. The summed E-state index contributed by atoms with van der Waals surface area (Å²) >= 11 is 6.37. The second-order valence-electron chi connectivity index (χ2n) is 10.1. The van der Waals surface area contributed by atoms with E-state index in [1.165, 1.54) is 6.20 Å². The molecule has 2 bridgehead atoms. The Kier molecular flexibility index (Phi) is 7.52. The van der Waals surface area contributed by atoms with E-state index in [2.05, 4.69) is 37.5 Å². The quantitative estimate of drug-likeness (QED) is 0.428. The summed E-state index contributed by atoms with van der Waals surface area (Å²) in [6.45, 7) is 0.828. The Morgan fingerprint density at radius 2 is 1.97 bits per heavy atom. The number of nitrogens with two attached hydrogens (primary N) is 1. The van der Waals surface area contributed by atoms with Crippen molar-refractivity contribution in [3.8, 4) is 0 Å². The van der Waals surface area contributed by atoms with Crippen LogP contribution >= 0.6 is 11.6 Å². The molecule has 12 heteroatoms. The zero-order chi connectivity index (χ0) is 27.0. The Morgan fingerprint density at radius 1 is 1.24 bits per heavy atom. The predicted octanol–water partition coefficient (Wildman–Crippen LogP) is 3.94. The third-order valence-corrected chi connectivity index (χ3v) is 8.04. The van der Waals surface area contributed by atoms with Gasteiger partial charge in [-0.1, -0.05) is 29.8 Å². The van der Waals surface area contributed by atoms with Gasteiger partial charge in [-0.2, -0.15) is 18.2 Å². The van der Waals surface area contributed by atoms with E-state index in [1.807, 2.05) is 18.2 Å². The SMILES string of the molecule is CO[C@@H](CN1CCc2ccc(Nc3ncc(Cl)c(NC4C5C=CC(C5)C4C(N)=O)n3)cc2CC1)C(F)(F)F. The molecule has 1 amide bonds. The lowest BCUT2D eigenvalue weighted by Crippen LogP contribution is -2.43. The van der Waals surface area contributed by atoms with E-state index < -0.39 is 12.3 Å². The molecule has 2 aromatic rings. The summed E-state index contributed by atoms with van der Waals surface area (Å²) < 4.78 is 44.1. The number of ether oxygens (including phenoxy) is 1. The van der Waals surface area contributed by atoms with Crippen molar-refractivity contribution in [2.24, 2.45) is 23.5 Å². The van der Waals surface area contributed by atoms with Gasteiger partial charge in [0.2, 0.25) is 11.9 Å². The lowest BCUT2D eigenvalue weighted by Gasteiger charge is -2.27. The van der Waals surface area contributed by atoms with E-state index in [0.717, 1.165) is 30.3 Å². The normalized spacial score (nSPS) is 25.6. The van der Waals surface area contributed by atoms with Gasteiger partial charge in [-0.3, -0.25) is 9.69 Å². The first-order valence-corrected chi connectivity index (χ1v) is 13.0. The number of benzene rings is 1. The lowest BCUT2D eigenvalue weighted by atomic mass is 9.88. The molecule has 4 N–H and O–H groups in total. The number of carbonyl (C=O) groups is 1. The molecule has 1 fully saturated rings. The Balaban J connectivity index is 1.26. The molecule has 1 aliphatic heterocycles. The summed E-state index contributed by atoms with van der Waals surface area (Å²) in [6, 6.07) is 5.67. The first kappa shape index (κ1) is 26.7. The van der Waals surface area contributed by atoms with Crippen molar-refractivity contribution in [3.05, 3.63) is 52.7 Å². The molecule has 1 aromatic heterocycles. The van der Waals surface area contributed by atoms with Crippen LogP contribution in [-0.2, 0) is 22.4 Å². The molecule has 1 saturated carbocycles. The summed E-state index contributed by atoms with van der Waals surface area (Å²) in [4.78, 5) is 22.7. The van der Waals surface area contributed by atoms with Gasteiger partial charge < -0.3 is 21.1 Å². The van der Waals surface area contributed by atoms with Crippen LogP contribution in [-0.4, -0.2) is 65.8 Å². The van der Waals surface area contributed by atoms with Gasteiger partial charge in [-0.25, -0.2) is 4.98 Å². The maximum Gasteiger partial charge on any atom is 0.415 e. The van der Waals surface area contributed by atoms with Gasteiger partial charge in [0.25, 0.3) is 0 Å². The number of nitrogens with zero attached hydrogens (tertiary/aromatic N) is 3. The van der Waals surface area contributed by atoms with Crippen LogP contribution in [0.15, 0.2) is 36.5 Å². The summed E-state index contributed by atoms with van der Waals surface area (Å²) in [5.41, 5.74) is 8.59. The van der Waals surface area contributed by atoms with Crippen LogP contribution in [0.4, 0.5) is 30.6 Å². The van der Waals surface area contributed by atoms with Crippen LogP contribution in [0.1, 0.15) is 17.5 Å². The fraction of sp³-hybridized carbons (Fsp3) is 0.500. The molecule has 3 aliphatic rings. The lowest BCUT2D eigenvalue weighted by molar-refractivity contribution is -0.216. The van der Waals surface area contributed by atoms with E-state index in [-0.39, 0.29) is 36.2 Å². The van der Waals surface area contributed by atoms with Crippen molar-refractivity contribution in [3.63, 3.8) is 0 Å². The minimum absolute atomic E-state index is 0.123. The van der Waals surface area contributed by atoms with E-state index in [9.17, 15) is 18.0 Å². The highest BCUT2D eigenvalue weighted by Crippen LogP contribution is 2.45. The standard InChI is InChI=1S/C26H30ClF3N6O2/c1-38-20(26(28,29)30)13-36-8-6-14-4-5-18(11-15(14)7-9-36)33-25-32-12-19(27)24(35-25)34-22-17-3-2-16(10-17)21(22)23(31)37/h2-5,11-12,16-17,20-22H,6-10,13H2,1H3,(H2,31,37)(H2,32,33,34,35)/t16?,17?,20-,21?,22?/m0/s1. The molecule has 5 rings (SSSR count). The molecule has 0 saturated heterocycles. The van der Waals surface area contributed by atoms with E-state index in [1.54, 1.807) is 4.90 Å². The van der Waals surface area contributed by atoms with Gasteiger partial charge in [-0.15, -0.1) is 0 Å². The first-order valence-electron chi connectivity index (χ1n) is 12.6. The highest BCUT2D eigenvalue weighted by atomic mass is 35.5. The van der Waals surface area contributed by atoms with Gasteiger partial charge >= 0.3 is 6.18 Å². The van der Waals surface area contributed by atoms with Crippen molar-refractivity contribution >= 4 is 35.0 Å². The number of halogens is 4. The van der Waals surface area contributed by atoms with Crippen LogP contribution in [0.25, 0.3) is 0 Å². The number of aromatic nitrogens is 2. The largest absolute Gasteiger partial charge is 0.415 e. The van der Waals surface area contributed by atoms with Gasteiger partial charge in [0.05, 0.1) is 12.1 Å². The fourth-order valence-corrected chi connectivity index (χ4v) is 5.95. The molecule has 2 heterocycles. The zero-order valence-corrected chi connectivity index (χ0v) is 21.6. The van der Waals surface area contributed by atoms with E-state index in [4.69, 9.17) is 17.3 Å². The monoisotopic (exact) mass is 550 g/mol. The number of rotatable bonds is 8. The smallest absolute Gasteiger partial charge is 0.371 e. The number of methoxy groups -OCH3 is 1.